The molecule has 2 aromatic heterocycles. The quantitative estimate of drug-likeness (QED) is 0.848. The minimum Gasteiger partial charge on any atom is -0.481 e. The molecule has 0 fully saturated rings. The summed E-state index contributed by atoms with van der Waals surface area (Å²) >= 11 is 0. The smallest absolute Gasteiger partial charge is 0.315 e. The molecule has 0 aliphatic rings. The van der Waals surface area contributed by atoms with Crippen LogP contribution in [0.2, 0.25) is 0 Å². The fraction of sp³-hybridized carbons (Fsp3) is 0.364. The Balaban J connectivity index is 1.96. The van der Waals surface area contributed by atoms with Gasteiger partial charge in [0, 0.05) is 12.8 Å². The molecule has 90 valence electrons. The zero-order valence-corrected chi connectivity index (χ0v) is 9.29. The topological polar surface area (TPSA) is 89.4 Å². The van der Waals surface area contributed by atoms with Crippen LogP contribution in [0.15, 0.2) is 27.2 Å². The highest BCUT2D eigenvalue weighted by Crippen LogP contribution is 2.14. The van der Waals surface area contributed by atoms with Crippen molar-refractivity contribution in [3.05, 3.63) is 35.9 Å². The normalized spacial score (nSPS) is 12.5. The van der Waals surface area contributed by atoms with E-state index in [1.165, 1.54) is 6.92 Å². The number of hydrogen-bond donors (Lipinski definition) is 1. The molecule has 0 aromatic carbocycles. The summed E-state index contributed by atoms with van der Waals surface area (Å²) in [6.07, 6.45) is 2.78. The number of aromatic nitrogens is 2. The number of furan rings is 1. The van der Waals surface area contributed by atoms with Crippen LogP contribution in [0.1, 0.15) is 30.4 Å². The number of carboxylic acids is 1. The number of carboxylic acid groups (broad SMARTS) is 1. The Labute approximate surface area is 97.3 Å². The third-order valence-corrected chi connectivity index (χ3v) is 2.39. The van der Waals surface area contributed by atoms with Gasteiger partial charge in [0.1, 0.15) is 11.7 Å². The second-order valence-corrected chi connectivity index (χ2v) is 3.67. The molecule has 0 amide bonds. The van der Waals surface area contributed by atoms with Gasteiger partial charge >= 0.3 is 5.97 Å². The summed E-state index contributed by atoms with van der Waals surface area (Å²) in [5.74, 6) is -0.376. The Kier molecular flexibility index (Phi) is 3.22. The standard InChI is InChI=1S/C11H12N2O4/c1-7(11(14)15)10-13-12-9(17-10)5-4-8-3-2-6-16-8/h2-3,6-7H,4-5H2,1H3,(H,14,15). The van der Waals surface area contributed by atoms with Gasteiger partial charge in [0.25, 0.3) is 0 Å². The van der Waals surface area contributed by atoms with Crippen molar-refractivity contribution in [3.8, 4) is 0 Å². The molecule has 0 spiro atoms. The summed E-state index contributed by atoms with van der Waals surface area (Å²) in [6.45, 7) is 1.51. The minimum absolute atomic E-state index is 0.131. The van der Waals surface area contributed by atoms with Gasteiger partial charge < -0.3 is 13.9 Å². The van der Waals surface area contributed by atoms with E-state index in [0.29, 0.717) is 18.7 Å². The second kappa shape index (κ2) is 4.82. The lowest BCUT2D eigenvalue weighted by molar-refractivity contribution is -0.138. The van der Waals surface area contributed by atoms with Gasteiger partial charge in [-0.2, -0.15) is 0 Å². The minimum atomic E-state index is -0.980. The number of carbonyl (C=O) groups is 1. The molecule has 1 N–H and O–H groups in total. The van der Waals surface area contributed by atoms with E-state index >= 15 is 0 Å². The molecule has 2 rings (SSSR count). The van der Waals surface area contributed by atoms with Gasteiger partial charge in [-0.3, -0.25) is 4.79 Å². The van der Waals surface area contributed by atoms with Crippen molar-refractivity contribution in [3.63, 3.8) is 0 Å². The van der Waals surface area contributed by atoms with Crippen molar-refractivity contribution in [1.29, 1.82) is 0 Å². The van der Waals surface area contributed by atoms with Crippen LogP contribution in [0.4, 0.5) is 0 Å². The Bertz CT molecular complexity index is 489. The van der Waals surface area contributed by atoms with Crippen molar-refractivity contribution in [1.82, 2.24) is 10.2 Å². The van der Waals surface area contributed by atoms with Gasteiger partial charge in [-0.15, -0.1) is 10.2 Å². The van der Waals surface area contributed by atoms with Gasteiger partial charge in [0.15, 0.2) is 0 Å². The molecule has 0 aliphatic heterocycles. The molecule has 6 nitrogen and oxygen atoms in total. The van der Waals surface area contributed by atoms with Gasteiger partial charge in [-0.25, -0.2) is 0 Å². The first kappa shape index (κ1) is 11.4. The van der Waals surface area contributed by atoms with Crippen LogP contribution in [0, 0.1) is 0 Å². The van der Waals surface area contributed by atoms with Crippen molar-refractivity contribution >= 4 is 5.97 Å². The average Bonchev–Trinajstić information content (AvgIpc) is 2.96. The van der Waals surface area contributed by atoms with E-state index in [4.69, 9.17) is 13.9 Å². The monoisotopic (exact) mass is 236 g/mol. The zero-order valence-electron chi connectivity index (χ0n) is 9.29. The van der Waals surface area contributed by atoms with Gasteiger partial charge in [0.2, 0.25) is 11.8 Å². The predicted molar refractivity (Wildman–Crippen MR) is 56.5 cm³/mol. The summed E-state index contributed by atoms with van der Waals surface area (Å²) in [6, 6.07) is 3.66. The van der Waals surface area contributed by atoms with E-state index in [9.17, 15) is 4.79 Å². The molecule has 2 aromatic rings. The van der Waals surface area contributed by atoms with Gasteiger partial charge in [0.05, 0.1) is 6.26 Å². The fourth-order valence-electron chi connectivity index (χ4n) is 1.33. The highest BCUT2D eigenvalue weighted by molar-refractivity contribution is 5.73. The number of aryl methyl sites for hydroxylation is 2. The maximum atomic E-state index is 10.7. The zero-order chi connectivity index (χ0) is 12.3. The molecule has 2 heterocycles. The molecule has 0 saturated carbocycles. The van der Waals surface area contributed by atoms with Crippen LogP contribution in [0.5, 0.6) is 0 Å². The molecule has 6 heteroatoms. The van der Waals surface area contributed by atoms with E-state index in [1.807, 2.05) is 6.07 Å². The van der Waals surface area contributed by atoms with E-state index in [1.54, 1.807) is 12.3 Å². The first-order valence-corrected chi connectivity index (χ1v) is 5.24. The number of nitrogens with zero attached hydrogens (tertiary/aromatic N) is 2. The lowest BCUT2D eigenvalue weighted by atomic mass is 10.2. The fourth-order valence-corrected chi connectivity index (χ4v) is 1.33. The molecule has 0 saturated heterocycles. The van der Waals surface area contributed by atoms with Crippen LogP contribution >= 0.6 is 0 Å². The lowest BCUT2D eigenvalue weighted by Gasteiger charge is -1.97. The maximum absolute atomic E-state index is 10.7. The lowest BCUT2D eigenvalue weighted by Crippen LogP contribution is -2.07. The van der Waals surface area contributed by atoms with Crippen LogP contribution in [0.3, 0.4) is 0 Å². The molecule has 0 aliphatic carbocycles. The molecule has 1 unspecified atom stereocenters. The van der Waals surface area contributed by atoms with E-state index in [2.05, 4.69) is 10.2 Å². The van der Waals surface area contributed by atoms with Crippen LogP contribution in [0.25, 0.3) is 0 Å². The van der Waals surface area contributed by atoms with Crippen molar-refractivity contribution in [2.75, 3.05) is 0 Å². The van der Waals surface area contributed by atoms with E-state index in [-0.39, 0.29) is 5.89 Å². The Morgan fingerprint density at radius 3 is 2.94 bits per heavy atom. The Hall–Kier alpha value is -2.11. The summed E-state index contributed by atoms with van der Waals surface area (Å²) < 4.78 is 10.4. The molecule has 17 heavy (non-hydrogen) atoms. The number of rotatable bonds is 5. The second-order valence-electron chi connectivity index (χ2n) is 3.67. The van der Waals surface area contributed by atoms with E-state index in [0.717, 1.165) is 5.76 Å². The SMILES string of the molecule is CC(C(=O)O)c1nnc(CCc2ccco2)o1. The van der Waals surface area contributed by atoms with E-state index < -0.39 is 11.9 Å². The molecule has 1 atom stereocenters. The first-order valence-electron chi connectivity index (χ1n) is 5.24. The largest absolute Gasteiger partial charge is 0.481 e. The molecule has 0 radical (unpaired) electrons. The Morgan fingerprint density at radius 2 is 2.29 bits per heavy atom. The summed E-state index contributed by atoms with van der Waals surface area (Å²) in [5.41, 5.74) is 0. The molecule has 0 bridgehead atoms. The first-order chi connectivity index (χ1) is 8.16. The highest BCUT2D eigenvalue weighted by atomic mass is 16.4. The molecular formula is C11H12N2O4. The van der Waals surface area contributed by atoms with Crippen molar-refractivity contribution in [2.45, 2.75) is 25.7 Å². The van der Waals surface area contributed by atoms with Crippen LogP contribution in [-0.4, -0.2) is 21.3 Å². The number of aliphatic carboxylic acids is 1. The summed E-state index contributed by atoms with van der Waals surface area (Å²) in [5, 5.41) is 16.3. The van der Waals surface area contributed by atoms with Crippen LogP contribution in [-0.2, 0) is 17.6 Å². The Morgan fingerprint density at radius 1 is 1.47 bits per heavy atom. The maximum Gasteiger partial charge on any atom is 0.315 e. The average molecular weight is 236 g/mol. The highest BCUT2D eigenvalue weighted by Gasteiger charge is 2.20. The summed E-state index contributed by atoms with van der Waals surface area (Å²) in [7, 11) is 0. The van der Waals surface area contributed by atoms with Crippen molar-refractivity contribution < 1.29 is 18.7 Å². The van der Waals surface area contributed by atoms with Crippen LogP contribution < -0.4 is 0 Å². The van der Waals surface area contributed by atoms with Gasteiger partial charge in [-0.1, -0.05) is 0 Å². The third kappa shape index (κ3) is 2.72. The number of hydrogen-bond acceptors (Lipinski definition) is 5. The predicted octanol–water partition coefficient (Wildman–Crippen LogP) is 1.64. The summed E-state index contributed by atoms with van der Waals surface area (Å²) in [4.78, 5) is 10.7. The molecular weight excluding hydrogens is 224 g/mol. The van der Waals surface area contributed by atoms with Gasteiger partial charge in [-0.05, 0) is 19.1 Å². The third-order valence-electron chi connectivity index (χ3n) is 2.39. The van der Waals surface area contributed by atoms with Crippen molar-refractivity contribution in [2.24, 2.45) is 0 Å².